The minimum atomic E-state index is -0.371. The Hall–Kier alpha value is -3.57. The van der Waals surface area contributed by atoms with E-state index in [0.29, 0.717) is 47.3 Å². The normalized spacial score (nSPS) is 21.1. The molecule has 13 heteroatoms. The number of β-amino-alcohol motifs (C(OH)–C–C–N with tert-alkyl or cyclic N) is 1. The number of anilines is 3. The SMILES string of the molecule is Cc1ccc(-c2nc(N(C)c3cnc4sc(N5CC6CCN(CC(=O)N7CC(O)C7)C6C5)nn34)sc2C#N)cc1. The Morgan fingerprint density at radius 2 is 2.00 bits per heavy atom. The van der Waals surface area contributed by atoms with E-state index in [2.05, 4.69) is 20.9 Å². The van der Waals surface area contributed by atoms with Crippen molar-refractivity contribution in [1.82, 2.24) is 29.4 Å². The highest BCUT2D eigenvalue weighted by atomic mass is 32.1. The molecule has 0 radical (unpaired) electrons. The van der Waals surface area contributed by atoms with E-state index in [-0.39, 0.29) is 12.0 Å². The van der Waals surface area contributed by atoms with Crippen molar-refractivity contribution >= 4 is 49.6 Å². The molecule has 40 heavy (non-hydrogen) atoms. The molecule has 1 N–H and O–H groups in total. The molecular weight excluding hydrogens is 546 g/mol. The van der Waals surface area contributed by atoms with Crippen LogP contribution in [0, 0.1) is 24.2 Å². The van der Waals surface area contributed by atoms with Gasteiger partial charge in [0.25, 0.3) is 0 Å². The summed E-state index contributed by atoms with van der Waals surface area (Å²) in [4.78, 5) is 31.7. The Labute approximate surface area is 239 Å². The first kappa shape index (κ1) is 25.4. The maximum absolute atomic E-state index is 12.6. The van der Waals surface area contributed by atoms with Crippen LogP contribution in [0.4, 0.5) is 16.1 Å². The maximum atomic E-state index is 12.6. The Bertz CT molecular complexity index is 1610. The molecule has 3 fully saturated rings. The number of nitrogens with zero attached hydrogens (tertiary/aromatic N) is 9. The van der Waals surface area contributed by atoms with Gasteiger partial charge < -0.3 is 19.8 Å². The monoisotopic (exact) mass is 575 g/mol. The highest BCUT2D eigenvalue weighted by Gasteiger charge is 2.43. The number of imidazole rings is 1. The standard InChI is InChI=1S/C27H29N9O2S2/c1-16-3-5-17(6-4-16)24-21(9-28)39-26(30-24)32(2)22-10-29-25-36(22)31-27(40-25)35-11-18-7-8-33(20(18)14-35)15-23(38)34-12-19(37)13-34/h3-6,10,18-20,37H,7-8,11-15H2,1-2H3. The summed E-state index contributed by atoms with van der Waals surface area (Å²) in [6.07, 6.45) is 2.49. The molecule has 0 spiro atoms. The number of hydrogen-bond donors (Lipinski definition) is 1. The van der Waals surface area contributed by atoms with E-state index in [4.69, 9.17) is 10.1 Å². The first-order chi connectivity index (χ1) is 19.4. The van der Waals surface area contributed by atoms with Crippen LogP contribution in [0.25, 0.3) is 16.2 Å². The molecule has 0 bridgehead atoms. The number of amides is 1. The van der Waals surface area contributed by atoms with Crippen LogP contribution in [-0.4, -0.2) is 98.9 Å². The van der Waals surface area contributed by atoms with E-state index >= 15 is 0 Å². The molecule has 6 heterocycles. The molecule has 2 unspecified atom stereocenters. The molecule has 1 aromatic carbocycles. The highest BCUT2D eigenvalue weighted by Crippen LogP contribution is 2.39. The zero-order valence-electron chi connectivity index (χ0n) is 22.3. The fourth-order valence-corrected chi connectivity index (χ4v) is 7.64. The van der Waals surface area contributed by atoms with Gasteiger partial charge in [-0.2, -0.15) is 9.78 Å². The quantitative estimate of drug-likeness (QED) is 0.370. The van der Waals surface area contributed by atoms with Crippen LogP contribution >= 0.6 is 22.7 Å². The molecule has 3 saturated heterocycles. The molecule has 1 amide bonds. The summed E-state index contributed by atoms with van der Waals surface area (Å²) in [5.41, 5.74) is 2.77. The molecule has 7 rings (SSSR count). The topological polar surface area (TPSA) is 117 Å². The number of aryl methyl sites for hydroxylation is 1. The number of aliphatic hydroxyl groups excluding tert-OH is 1. The van der Waals surface area contributed by atoms with E-state index in [1.165, 1.54) is 11.3 Å². The van der Waals surface area contributed by atoms with E-state index in [1.807, 2.05) is 47.7 Å². The van der Waals surface area contributed by atoms with Gasteiger partial charge in [-0.05, 0) is 25.8 Å². The van der Waals surface area contributed by atoms with Gasteiger partial charge in [-0.15, -0.1) is 5.10 Å². The summed E-state index contributed by atoms with van der Waals surface area (Å²) in [7, 11) is 1.92. The van der Waals surface area contributed by atoms with Crippen LogP contribution in [0.3, 0.4) is 0 Å². The van der Waals surface area contributed by atoms with E-state index in [9.17, 15) is 15.2 Å². The van der Waals surface area contributed by atoms with Crippen LogP contribution in [0.1, 0.15) is 16.9 Å². The number of nitriles is 1. The highest BCUT2D eigenvalue weighted by molar-refractivity contribution is 7.20. The molecule has 0 aliphatic carbocycles. The van der Waals surface area contributed by atoms with Gasteiger partial charge in [-0.1, -0.05) is 52.5 Å². The first-order valence-electron chi connectivity index (χ1n) is 13.4. The summed E-state index contributed by atoms with van der Waals surface area (Å²) in [6.45, 7) is 6.04. The first-order valence-corrected chi connectivity index (χ1v) is 15.0. The van der Waals surface area contributed by atoms with Gasteiger partial charge in [0.15, 0.2) is 10.9 Å². The number of thiazole rings is 1. The summed E-state index contributed by atoms with van der Waals surface area (Å²) in [5.74, 6) is 1.40. The van der Waals surface area contributed by atoms with Crippen molar-refractivity contribution in [3.8, 4) is 17.3 Å². The smallest absolute Gasteiger partial charge is 0.236 e. The molecular formula is C27H29N9O2S2. The molecule has 4 aromatic rings. The number of carbonyl (C=O) groups is 1. The minimum Gasteiger partial charge on any atom is -0.389 e. The number of aliphatic hydroxyl groups is 1. The molecule has 3 aromatic heterocycles. The van der Waals surface area contributed by atoms with Crippen molar-refractivity contribution < 1.29 is 9.90 Å². The molecule has 3 aliphatic heterocycles. The van der Waals surface area contributed by atoms with Gasteiger partial charge in [-0.25, -0.2) is 9.97 Å². The van der Waals surface area contributed by atoms with Crippen LogP contribution in [0.15, 0.2) is 30.5 Å². The number of carbonyl (C=O) groups excluding carboxylic acids is 1. The van der Waals surface area contributed by atoms with Crippen molar-refractivity contribution in [3.05, 3.63) is 40.9 Å². The average Bonchev–Trinajstić information content (AvgIpc) is 3.73. The number of rotatable bonds is 6. The predicted octanol–water partition coefficient (Wildman–Crippen LogP) is 2.58. The summed E-state index contributed by atoms with van der Waals surface area (Å²) in [5, 5.41) is 25.9. The molecule has 0 saturated carbocycles. The Balaban J connectivity index is 1.09. The number of fused-ring (bicyclic) bond motifs is 2. The fraction of sp³-hybridized carbons (Fsp3) is 0.444. The van der Waals surface area contributed by atoms with Crippen LogP contribution in [-0.2, 0) is 4.79 Å². The van der Waals surface area contributed by atoms with E-state index in [0.717, 1.165) is 53.1 Å². The van der Waals surface area contributed by atoms with Gasteiger partial charge in [0.1, 0.15) is 16.6 Å². The van der Waals surface area contributed by atoms with Crippen molar-refractivity contribution in [2.24, 2.45) is 5.92 Å². The zero-order valence-corrected chi connectivity index (χ0v) is 23.9. The van der Waals surface area contributed by atoms with Gasteiger partial charge in [-0.3, -0.25) is 9.69 Å². The molecule has 11 nitrogen and oxygen atoms in total. The van der Waals surface area contributed by atoms with Crippen molar-refractivity contribution in [2.45, 2.75) is 25.5 Å². The van der Waals surface area contributed by atoms with Gasteiger partial charge in [0.05, 0.1) is 18.8 Å². The van der Waals surface area contributed by atoms with Crippen LogP contribution in [0.2, 0.25) is 0 Å². The van der Waals surface area contributed by atoms with Gasteiger partial charge in [0, 0.05) is 44.8 Å². The predicted molar refractivity (Wildman–Crippen MR) is 154 cm³/mol. The lowest BCUT2D eigenvalue weighted by Crippen LogP contribution is -2.56. The zero-order chi connectivity index (χ0) is 27.5. The van der Waals surface area contributed by atoms with Gasteiger partial charge in [0.2, 0.25) is 16.0 Å². The molecule has 2 atom stereocenters. The number of hydrogen-bond acceptors (Lipinski definition) is 11. The lowest BCUT2D eigenvalue weighted by molar-refractivity contribution is -0.142. The lowest BCUT2D eigenvalue weighted by atomic mass is 10.1. The van der Waals surface area contributed by atoms with Gasteiger partial charge >= 0.3 is 0 Å². The van der Waals surface area contributed by atoms with Crippen LogP contribution in [0.5, 0.6) is 0 Å². The van der Waals surface area contributed by atoms with E-state index < -0.39 is 0 Å². The Morgan fingerprint density at radius 3 is 2.75 bits per heavy atom. The summed E-state index contributed by atoms with van der Waals surface area (Å²) in [6, 6.07) is 10.7. The Morgan fingerprint density at radius 1 is 1.20 bits per heavy atom. The van der Waals surface area contributed by atoms with Crippen molar-refractivity contribution in [2.75, 3.05) is 56.1 Å². The summed E-state index contributed by atoms with van der Waals surface area (Å²) >= 11 is 2.92. The lowest BCUT2D eigenvalue weighted by Gasteiger charge is -2.37. The molecule has 206 valence electrons. The summed E-state index contributed by atoms with van der Waals surface area (Å²) < 4.78 is 1.85. The maximum Gasteiger partial charge on any atom is 0.236 e. The second-order valence-electron chi connectivity index (χ2n) is 10.9. The van der Waals surface area contributed by atoms with Crippen molar-refractivity contribution in [1.29, 1.82) is 5.26 Å². The third-order valence-electron chi connectivity index (χ3n) is 8.22. The number of likely N-dealkylation sites (tertiary alicyclic amines) is 2. The second kappa shape index (κ2) is 9.81. The van der Waals surface area contributed by atoms with E-state index in [1.54, 1.807) is 22.4 Å². The second-order valence-corrected chi connectivity index (χ2v) is 12.8. The average molecular weight is 576 g/mol. The Kier molecular flexibility index (Phi) is 6.23. The van der Waals surface area contributed by atoms with Crippen LogP contribution < -0.4 is 9.80 Å². The minimum absolute atomic E-state index is 0.108. The fourth-order valence-electron chi connectivity index (χ4n) is 5.90. The number of benzene rings is 1. The molecule has 3 aliphatic rings. The largest absolute Gasteiger partial charge is 0.389 e. The third kappa shape index (κ3) is 4.32. The number of aromatic nitrogens is 4. The van der Waals surface area contributed by atoms with Crippen molar-refractivity contribution in [3.63, 3.8) is 0 Å². The third-order valence-corrected chi connectivity index (χ3v) is 10.2.